The first-order valence-corrected chi connectivity index (χ1v) is 22.4. The summed E-state index contributed by atoms with van der Waals surface area (Å²) >= 11 is 1.49. The fourth-order valence-corrected chi connectivity index (χ4v) is 13.6. The van der Waals surface area contributed by atoms with Crippen molar-refractivity contribution in [1.29, 1.82) is 0 Å². The first-order valence-electron chi connectivity index (χ1n) is 21.3. The minimum absolute atomic E-state index is 0.0107. The van der Waals surface area contributed by atoms with E-state index in [-0.39, 0.29) is 96.8 Å². The first-order chi connectivity index (χ1) is 27.7. The molecule has 15 heteroatoms. The van der Waals surface area contributed by atoms with Crippen molar-refractivity contribution in [3.05, 3.63) is 21.7 Å². The maximum atomic E-state index is 13.7. The van der Waals surface area contributed by atoms with E-state index in [2.05, 4.69) is 42.0 Å². The fourth-order valence-electron chi connectivity index (χ4n) is 12.3. The van der Waals surface area contributed by atoms with Gasteiger partial charge in [0.25, 0.3) is 5.91 Å². The smallest absolute Gasteiger partial charge is 0.306 e. The average molecular weight is 826 g/mol. The van der Waals surface area contributed by atoms with Crippen LogP contribution < -0.4 is 5.32 Å². The monoisotopic (exact) mass is 825 g/mol. The number of allylic oxidation sites excluding steroid dienone is 1. The molecule has 2 amide bonds. The van der Waals surface area contributed by atoms with Crippen LogP contribution in [0.2, 0.25) is 0 Å². The number of ether oxygens (including phenoxy) is 2. The Morgan fingerprint density at radius 1 is 1.05 bits per heavy atom. The van der Waals surface area contributed by atoms with Gasteiger partial charge in [-0.25, -0.2) is 0 Å². The predicted molar refractivity (Wildman–Crippen MR) is 217 cm³/mol. The minimum atomic E-state index is -0.830. The quantitative estimate of drug-likeness (QED) is 0.0297. The Labute approximate surface area is 346 Å². The number of aliphatic hydroxyl groups is 3. The Kier molecular flexibility index (Phi) is 14.3. The van der Waals surface area contributed by atoms with Crippen LogP contribution in [0.25, 0.3) is 10.4 Å². The number of hydrogen-bond acceptors (Lipinski definition) is 11. The Bertz CT molecular complexity index is 1700. The van der Waals surface area contributed by atoms with Crippen LogP contribution in [-0.2, 0) is 28.7 Å². The molecule has 0 aromatic carbocycles. The summed E-state index contributed by atoms with van der Waals surface area (Å²) < 4.78 is 10.5. The Balaban J connectivity index is 1.00. The van der Waals surface area contributed by atoms with Crippen molar-refractivity contribution in [2.75, 3.05) is 32.1 Å². The van der Waals surface area contributed by atoms with Crippen LogP contribution in [0, 0.1) is 64.6 Å². The van der Waals surface area contributed by atoms with Crippen molar-refractivity contribution in [3.63, 3.8) is 0 Å². The molecule has 2 heterocycles. The van der Waals surface area contributed by atoms with Gasteiger partial charge in [0.2, 0.25) is 5.91 Å². The van der Waals surface area contributed by atoms with Gasteiger partial charge in [-0.3, -0.25) is 24.1 Å². The van der Waals surface area contributed by atoms with Gasteiger partial charge in [-0.2, -0.15) is 0 Å². The number of carbonyl (C=O) groups excluding carboxylic acids is 4. The lowest BCUT2D eigenvalue weighted by Gasteiger charge is -2.63. The molecule has 1 saturated heterocycles. The fraction of sp³-hybridized carbons (Fsp3) is 0.814. The van der Waals surface area contributed by atoms with Crippen molar-refractivity contribution < 1.29 is 44.0 Å². The maximum absolute atomic E-state index is 13.7. The SMILES string of the molecule is C#CCCOCCOC(=O)CC(CN=[N+]=[N-])CC(=O)C1=C(C)CSC2C(NC(=O)CC[C@@H](C)[C@H]3CC[C@H]4[C@@H]5C(O)C(O)[C@@H]6C[C@H](O)CC[C@]6(C)[C@H]5CC[C@]34C)C(=O)N12. The molecule has 0 radical (unpaired) electrons. The third-order valence-electron chi connectivity index (χ3n) is 15.3. The molecule has 4 N–H and O–H groups in total. The van der Waals surface area contributed by atoms with E-state index in [1.54, 1.807) is 6.92 Å². The van der Waals surface area contributed by atoms with Gasteiger partial charge in [0.05, 0.1) is 37.2 Å². The Morgan fingerprint density at radius 3 is 2.53 bits per heavy atom. The van der Waals surface area contributed by atoms with E-state index < -0.39 is 41.6 Å². The lowest BCUT2D eigenvalue weighted by Crippen LogP contribution is -2.70. The van der Waals surface area contributed by atoms with Gasteiger partial charge < -0.3 is 30.1 Å². The minimum Gasteiger partial charge on any atom is -0.463 e. The van der Waals surface area contributed by atoms with Crippen LogP contribution in [0.15, 0.2) is 16.4 Å². The van der Waals surface area contributed by atoms with Gasteiger partial charge in [0.15, 0.2) is 5.78 Å². The molecule has 5 unspecified atom stereocenters. The Morgan fingerprint density at radius 2 is 1.79 bits per heavy atom. The second-order valence-corrected chi connectivity index (χ2v) is 19.6. The molecule has 58 heavy (non-hydrogen) atoms. The summed E-state index contributed by atoms with van der Waals surface area (Å²) in [6.45, 7) is 9.12. The highest BCUT2D eigenvalue weighted by Crippen LogP contribution is 2.68. The van der Waals surface area contributed by atoms with Gasteiger partial charge >= 0.3 is 5.97 Å². The summed E-state index contributed by atoms with van der Waals surface area (Å²) in [5, 5.41) is 39.6. The van der Waals surface area contributed by atoms with Crippen LogP contribution in [-0.4, -0.2) is 106 Å². The number of esters is 1. The molecule has 0 aromatic heterocycles. The summed E-state index contributed by atoms with van der Waals surface area (Å²) in [4.78, 5) is 57.5. The van der Waals surface area contributed by atoms with Crippen LogP contribution in [0.3, 0.4) is 0 Å². The standard InChI is InChI=1S/C43H63N5O9S/c1-6-7-16-56-17-18-57-34(52)20-26(22-45-47-44)19-32(50)37-25(3)23-58-41-36(40(55)48(37)41)46-33(51)11-8-24(2)28-9-10-29-35-30(13-15-42(28,29)4)43(5)14-12-27(49)21-31(43)38(53)39(35)54/h1,24,26-31,35-36,38-39,41,49,53-54H,7-23H2,2-5H3,(H,46,51)/t24-,26?,27-,28-,29+,30+,31+,35+,36?,38?,39?,41?,42-,43-/m1/s1. The van der Waals surface area contributed by atoms with Crippen LogP contribution in [0.5, 0.6) is 0 Å². The second kappa shape index (κ2) is 18.7. The molecule has 4 saturated carbocycles. The van der Waals surface area contributed by atoms with Crippen molar-refractivity contribution in [3.8, 4) is 12.3 Å². The summed E-state index contributed by atoms with van der Waals surface area (Å²) in [5.41, 5.74) is 9.82. The van der Waals surface area contributed by atoms with Gasteiger partial charge in [0, 0.05) is 42.9 Å². The number of Topliss-reactive ketones (excluding diaryl/α,β-unsaturated/α-hetero) is 1. The maximum Gasteiger partial charge on any atom is 0.306 e. The third kappa shape index (κ3) is 8.70. The molecule has 4 aliphatic carbocycles. The number of amides is 2. The number of nitrogens with zero attached hydrogens (tertiary/aromatic N) is 4. The summed E-state index contributed by atoms with van der Waals surface area (Å²) in [6, 6.07) is -0.755. The van der Waals surface area contributed by atoms with Crippen molar-refractivity contribution in [2.45, 2.75) is 134 Å². The van der Waals surface area contributed by atoms with E-state index in [4.69, 9.17) is 21.4 Å². The van der Waals surface area contributed by atoms with Crippen molar-refractivity contribution in [1.82, 2.24) is 10.2 Å². The van der Waals surface area contributed by atoms with Gasteiger partial charge in [-0.05, 0) is 122 Å². The Hall–Kier alpha value is -3.12. The highest BCUT2D eigenvalue weighted by Gasteiger charge is 2.65. The van der Waals surface area contributed by atoms with E-state index in [1.807, 2.05) is 0 Å². The normalized spacial score (nSPS) is 37.4. The van der Waals surface area contributed by atoms with Gasteiger partial charge in [-0.1, -0.05) is 25.9 Å². The second-order valence-electron chi connectivity index (χ2n) is 18.5. The molecule has 6 rings (SSSR count). The zero-order valence-corrected chi connectivity index (χ0v) is 35.3. The highest BCUT2D eigenvalue weighted by molar-refractivity contribution is 8.00. The largest absolute Gasteiger partial charge is 0.463 e. The predicted octanol–water partition coefficient (Wildman–Crippen LogP) is 4.90. The summed E-state index contributed by atoms with van der Waals surface area (Å²) in [6.07, 6.45) is 10.5. The van der Waals surface area contributed by atoms with Crippen LogP contribution >= 0.6 is 11.8 Å². The van der Waals surface area contributed by atoms with Crippen LogP contribution in [0.1, 0.15) is 105 Å². The molecule has 5 fully saturated rings. The average Bonchev–Trinajstić information content (AvgIpc) is 3.55. The number of ketones is 1. The molecule has 14 atom stereocenters. The lowest BCUT2D eigenvalue weighted by molar-refractivity contribution is -0.223. The zero-order chi connectivity index (χ0) is 41.9. The number of β-lactam (4-membered cyclic amide) rings is 1. The number of azide groups is 1. The summed E-state index contributed by atoms with van der Waals surface area (Å²) in [7, 11) is 0. The topological polar surface area (TPSA) is 211 Å². The molecule has 14 nitrogen and oxygen atoms in total. The van der Waals surface area contributed by atoms with E-state index in [9.17, 15) is 34.5 Å². The van der Waals surface area contributed by atoms with E-state index in [1.165, 1.54) is 16.7 Å². The molecule has 0 bridgehead atoms. The number of rotatable bonds is 17. The van der Waals surface area contributed by atoms with E-state index >= 15 is 0 Å². The number of aliphatic hydroxyl groups excluding tert-OH is 3. The number of carbonyl (C=O) groups is 4. The number of terminal acetylenes is 1. The lowest BCUT2D eigenvalue weighted by atomic mass is 9.43. The summed E-state index contributed by atoms with van der Waals surface area (Å²) in [5.74, 6) is 2.03. The highest BCUT2D eigenvalue weighted by atomic mass is 32.2. The van der Waals surface area contributed by atoms with Gasteiger partial charge in [0.1, 0.15) is 18.0 Å². The molecule has 0 spiro atoms. The molecule has 2 aliphatic heterocycles. The molecule has 320 valence electrons. The van der Waals surface area contributed by atoms with Crippen LogP contribution in [0.4, 0.5) is 0 Å². The molecular weight excluding hydrogens is 763 g/mol. The number of hydrogen-bond donors (Lipinski definition) is 4. The van der Waals surface area contributed by atoms with Crippen molar-refractivity contribution >= 4 is 35.3 Å². The number of fused-ring (bicyclic) bond motifs is 6. The molecule has 6 aliphatic rings. The third-order valence-corrected chi connectivity index (χ3v) is 16.7. The number of thioether (sulfide) groups is 1. The number of nitrogens with one attached hydrogen (secondary N) is 1. The van der Waals surface area contributed by atoms with Gasteiger partial charge in [-0.15, -0.1) is 24.1 Å². The van der Waals surface area contributed by atoms with Crippen molar-refractivity contribution in [2.24, 2.45) is 57.4 Å². The zero-order valence-electron chi connectivity index (χ0n) is 34.5. The molecular formula is C43H63N5O9S. The molecule has 0 aromatic rings. The first kappa shape index (κ1) is 44.4. The van der Waals surface area contributed by atoms with E-state index in [0.717, 1.165) is 44.1 Å². The van der Waals surface area contributed by atoms with E-state index in [0.29, 0.717) is 43.5 Å².